The van der Waals surface area contributed by atoms with E-state index in [1.807, 2.05) is 35.0 Å². The van der Waals surface area contributed by atoms with Crippen molar-refractivity contribution in [1.29, 1.82) is 0 Å². The number of anilines is 3. The molecule has 0 bridgehead atoms. The highest BCUT2D eigenvalue weighted by Gasteiger charge is 2.34. The number of nitrogens with zero attached hydrogens (tertiary/aromatic N) is 2. The Kier molecular flexibility index (Phi) is 5.45. The van der Waals surface area contributed by atoms with Gasteiger partial charge in [0.05, 0.1) is 21.8 Å². The average molecular weight is 461 g/mol. The van der Waals surface area contributed by atoms with E-state index in [-0.39, 0.29) is 10.8 Å². The van der Waals surface area contributed by atoms with E-state index in [2.05, 4.69) is 5.32 Å². The number of carbonyl (C=O) groups is 1. The molecule has 164 valence electrons. The molecule has 32 heavy (non-hydrogen) atoms. The number of hydrogen-bond acceptors (Lipinski definition) is 3. The summed E-state index contributed by atoms with van der Waals surface area (Å²) < 4.78 is 41.0. The number of alkyl halides is 3. The number of nitrogen functional groups attached to an aromatic ring is 1. The molecule has 0 unspecified atom stereocenters. The van der Waals surface area contributed by atoms with Gasteiger partial charge in [0.2, 0.25) is 0 Å². The van der Waals surface area contributed by atoms with E-state index in [0.717, 1.165) is 28.7 Å². The van der Waals surface area contributed by atoms with Crippen LogP contribution in [0.15, 0.2) is 72.9 Å². The van der Waals surface area contributed by atoms with Gasteiger partial charge in [0.15, 0.2) is 0 Å². The predicted octanol–water partition coefficient (Wildman–Crippen LogP) is 6.31. The lowest BCUT2D eigenvalue weighted by Gasteiger charge is -2.18. The molecule has 2 amide bonds. The maximum atomic E-state index is 13.0. The minimum Gasteiger partial charge on any atom is -0.398 e. The summed E-state index contributed by atoms with van der Waals surface area (Å²) in [5, 5.41) is 13.0. The third-order valence-corrected chi connectivity index (χ3v) is 5.19. The highest BCUT2D eigenvalue weighted by molar-refractivity contribution is 6.31. The summed E-state index contributed by atoms with van der Waals surface area (Å²) in [6, 6.07) is 15.8. The molecule has 0 saturated heterocycles. The Morgan fingerprint density at radius 1 is 1.06 bits per heavy atom. The minimum atomic E-state index is -4.73. The van der Waals surface area contributed by atoms with Crippen molar-refractivity contribution in [3.63, 3.8) is 0 Å². The van der Waals surface area contributed by atoms with E-state index in [9.17, 15) is 23.2 Å². The number of amides is 2. The fraction of sp³-hybridized carbons (Fsp3) is 0.0455. The summed E-state index contributed by atoms with van der Waals surface area (Å²) in [4.78, 5) is 12.3. The van der Waals surface area contributed by atoms with E-state index >= 15 is 0 Å². The van der Waals surface area contributed by atoms with Gasteiger partial charge in [0.25, 0.3) is 0 Å². The van der Waals surface area contributed by atoms with Crippen LogP contribution in [0.1, 0.15) is 5.56 Å². The Morgan fingerprint density at radius 2 is 1.78 bits per heavy atom. The van der Waals surface area contributed by atoms with Crippen LogP contribution in [0.4, 0.5) is 35.0 Å². The summed E-state index contributed by atoms with van der Waals surface area (Å²) in [5.74, 6) is 0. The lowest BCUT2D eigenvalue weighted by molar-refractivity contribution is -0.137. The molecule has 0 saturated carbocycles. The number of fused-ring (bicyclic) bond motifs is 1. The number of urea groups is 1. The number of hydroxylamine groups is 1. The highest BCUT2D eigenvalue weighted by Crippen LogP contribution is 2.37. The number of carbonyl (C=O) groups excluding carboxylic acids is 1. The van der Waals surface area contributed by atoms with Gasteiger partial charge in [-0.25, -0.2) is 4.79 Å². The first-order chi connectivity index (χ1) is 15.1. The second-order valence-corrected chi connectivity index (χ2v) is 7.32. The number of aromatic nitrogens is 1. The van der Waals surface area contributed by atoms with Gasteiger partial charge in [0.1, 0.15) is 0 Å². The molecule has 4 rings (SSSR count). The lowest BCUT2D eigenvalue weighted by Crippen LogP contribution is -2.32. The molecule has 4 aromatic rings. The summed E-state index contributed by atoms with van der Waals surface area (Å²) in [6.45, 7) is 0. The van der Waals surface area contributed by atoms with Crippen LogP contribution >= 0.6 is 11.6 Å². The van der Waals surface area contributed by atoms with Crippen molar-refractivity contribution < 1.29 is 23.2 Å². The third-order valence-electron chi connectivity index (χ3n) is 4.86. The van der Waals surface area contributed by atoms with E-state index in [1.54, 1.807) is 24.3 Å². The number of nitrogens with two attached hydrogens (primary N) is 1. The molecule has 1 aromatic heterocycles. The molecule has 1 heterocycles. The second kappa shape index (κ2) is 8.10. The van der Waals surface area contributed by atoms with Gasteiger partial charge in [-0.2, -0.15) is 18.2 Å². The van der Waals surface area contributed by atoms with E-state index < -0.39 is 22.8 Å². The quantitative estimate of drug-likeness (QED) is 0.190. The monoisotopic (exact) mass is 460 g/mol. The van der Waals surface area contributed by atoms with Gasteiger partial charge in [0, 0.05) is 28.6 Å². The van der Waals surface area contributed by atoms with Crippen LogP contribution in [0.25, 0.3) is 16.6 Å². The zero-order valence-electron chi connectivity index (χ0n) is 16.3. The molecule has 0 aliphatic rings. The second-order valence-electron chi connectivity index (χ2n) is 6.92. The number of halogens is 4. The van der Waals surface area contributed by atoms with Crippen LogP contribution in [0.2, 0.25) is 5.02 Å². The largest absolute Gasteiger partial charge is 0.417 e. The van der Waals surface area contributed by atoms with Gasteiger partial charge >= 0.3 is 12.2 Å². The molecule has 6 nitrogen and oxygen atoms in total. The standard InChI is InChI=1S/C22H16ClF3N4O2/c23-18-9-8-15(12-17(18)22(24,25)26)30(32)21(31)28-13-4-6-14(7-5-13)29-11-10-16-19(27)2-1-3-20(16)29/h1-12,32H,27H2,(H,28,31). The van der Waals surface area contributed by atoms with Gasteiger partial charge in [-0.3, -0.25) is 5.21 Å². The van der Waals surface area contributed by atoms with Crippen molar-refractivity contribution in [2.24, 2.45) is 0 Å². The molecular weight excluding hydrogens is 445 g/mol. The van der Waals surface area contributed by atoms with Crippen LogP contribution in [0, 0.1) is 0 Å². The number of nitrogens with one attached hydrogen (secondary N) is 1. The van der Waals surface area contributed by atoms with Crippen LogP contribution < -0.4 is 16.1 Å². The fourth-order valence-corrected chi connectivity index (χ4v) is 3.50. The van der Waals surface area contributed by atoms with Crippen LogP contribution in [-0.4, -0.2) is 15.8 Å². The molecule has 3 aromatic carbocycles. The first-order valence-electron chi connectivity index (χ1n) is 9.28. The number of rotatable bonds is 3. The van der Waals surface area contributed by atoms with Crippen molar-refractivity contribution in [2.45, 2.75) is 6.18 Å². The smallest absolute Gasteiger partial charge is 0.398 e. The molecular formula is C22H16ClF3N4O2. The van der Waals surface area contributed by atoms with Gasteiger partial charge in [-0.05, 0) is 60.7 Å². The predicted molar refractivity (Wildman–Crippen MR) is 117 cm³/mol. The first-order valence-corrected chi connectivity index (χ1v) is 9.65. The van der Waals surface area contributed by atoms with Crippen molar-refractivity contribution >= 4 is 45.6 Å². The Labute approximate surface area is 185 Å². The van der Waals surface area contributed by atoms with Crippen LogP contribution in [0.5, 0.6) is 0 Å². The maximum Gasteiger partial charge on any atom is 0.417 e. The Hall–Kier alpha value is -3.69. The van der Waals surface area contributed by atoms with Crippen molar-refractivity contribution in [2.75, 3.05) is 16.1 Å². The van der Waals surface area contributed by atoms with E-state index in [1.165, 1.54) is 0 Å². The van der Waals surface area contributed by atoms with Crippen molar-refractivity contribution in [3.8, 4) is 5.69 Å². The topological polar surface area (TPSA) is 83.5 Å². The van der Waals surface area contributed by atoms with Gasteiger partial charge in [-0.1, -0.05) is 17.7 Å². The van der Waals surface area contributed by atoms with Crippen molar-refractivity contribution in [3.05, 3.63) is 83.5 Å². The molecule has 4 N–H and O–H groups in total. The van der Waals surface area contributed by atoms with Crippen LogP contribution in [0.3, 0.4) is 0 Å². The fourth-order valence-electron chi connectivity index (χ4n) is 3.28. The molecule has 0 aliphatic carbocycles. The molecule has 10 heteroatoms. The first kappa shape index (κ1) is 21.5. The van der Waals surface area contributed by atoms with E-state index in [0.29, 0.717) is 17.4 Å². The maximum absolute atomic E-state index is 13.0. The number of benzene rings is 3. The SMILES string of the molecule is Nc1cccc2c1ccn2-c1ccc(NC(=O)N(O)c2ccc(Cl)c(C(F)(F)F)c2)cc1. The van der Waals surface area contributed by atoms with E-state index in [4.69, 9.17) is 17.3 Å². The van der Waals surface area contributed by atoms with Crippen molar-refractivity contribution in [1.82, 2.24) is 4.57 Å². The zero-order chi connectivity index (χ0) is 23.0. The number of hydrogen-bond donors (Lipinski definition) is 3. The molecule has 0 radical (unpaired) electrons. The molecule has 0 aliphatic heterocycles. The zero-order valence-corrected chi connectivity index (χ0v) is 17.0. The van der Waals surface area contributed by atoms with Crippen LogP contribution in [-0.2, 0) is 6.18 Å². The summed E-state index contributed by atoms with van der Waals surface area (Å²) in [6.07, 6.45) is -2.86. The Balaban J connectivity index is 1.52. The third kappa shape index (κ3) is 4.08. The normalized spacial score (nSPS) is 11.5. The molecule has 0 fully saturated rings. The minimum absolute atomic E-state index is 0.0850. The summed E-state index contributed by atoms with van der Waals surface area (Å²) in [7, 11) is 0. The van der Waals surface area contributed by atoms with Gasteiger partial charge in [-0.15, -0.1) is 0 Å². The Morgan fingerprint density at radius 3 is 2.47 bits per heavy atom. The highest BCUT2D eigenvalue weighted by atomic mass is 35.5. The average Bonchev–Trinajstić information content (AvgIpc) is 3.19. The molecule has 0 spiro atoms. The summed E-state index contributed by atoms with van der Waals surface area (Å²) >= 11 is 5.57. The van der Waals surface area contributed by atoms with Gasteiger partial charge < -0.3 is 15.6 Å². The lowest BCUT2D eigenvalue weighted by atomic mass is 10.2. The Bertz CT molecular complexity index is 1300. The molecule has 0 atom stereocenters. The summed E-state index contributed by atoms with van der Waals surface area (Å²) in [5.41, 5.74) is 7.14.